The van der Waals surface area contributed by atoms with Gasteiger partial charge in [0.2, 0.25) is 0 Å². The molecule has 0 amide bonds. The van der Waals surface area contributed by atoms with Gasteiger partial charge in [-0.1, -0.05) is 12.1 Å². The van der Waals surface area contributed by atoms with Gasteiger partial charge in [-0.25, -0.2) is 0 Å². The summed E-state index contributed by atoms with van der Waals surface area (Å²) in [6.07, 6.45) is 4.26. The standard InChI is InChI=1S/C15H12N2O/c16-10-11-4-3-9-17-15(11)13-5-1-2-6-14(13)18-12-7-8-12/h1-6,9,12H,7-8H2. The van der Waals surface area contributed by atoms with Crippen molar-refractivity contribution in [3.05, 3.63) is 48.2 Å². The van der Waals surface area contributed by atoms with Gasteiger partial charge in [-0.2, -0.15) is 5.26 Å². The van der Waals surface area contributed by atoms with Gasteiger partial charge in [0.15, 0.2) is 0 Å². The number of hydrogen-bond donors (Lipinski definition) is 0. The lowest BCUT2D eigenvalue weighted by Gasteiger charge is -2.10. The second-order valence-electron chi connectivity index (χ2n) is 4.32. The van der Waals surface area contributed by atoms with Crippen LogP contribution in [-0.4, -0.2) is 11.1 Å². The number of benzene rings is 1. The Hall–Kier alpha value is -2.34. The van der Waals surface area contributed by atoms with Crippen molar-refractivity contribution >= 4 is 0 Å². The Labute approximate surface area is 106 Å². The molecule has 18 heavy (non-hydrogen) atoms. The van der Waals surface area contributed by atoms with E-state index in [1.807, 2.05) is 24.3 Å². The predicted octanol–water partition coefficient (Wildman–Crippen LogP) is 3.16. The average Bonchev–Trinajstić information content (AvgIpc) is 3.23. The second-order valence-corrected chi connectivity index (χ2v) is 4.32. The van der Waals surface area contributed by atoms with Crippen LogP contribution in [-0.2, 0) is 0 Å². The molecule has 3 heteroatoms. The van der Waals surface area contributed by atoms with Gasteiger partial charge in [0, 0.05) is 11.8 Å². The van der Waals surface area contributed by atoms with E-state index in [4.69, 9.17) is 10.00 Å². The molecule has 0 saturated heterocycles. The van der Waals surface area contributed by atoms with Gasteiger partial charge in [0.1, 0.15) is 11.8 Å². The van der Waals surface area contributed by atoms with Gasteiger partial charge in [-0.15, -0.1) is 0 Å². The highest BCUT2D eigenvalue weighted by atomic mass is 16.5. The SMILES string of the molecule is N#Cc1cccnc1-c1ccccc1OC1CC1. The fraction of sp³-hybridized carbons (Fsp3) is 0.200. The molecule has 3 nitrogen and oxygen atoms in total. The molecular formula is C15H12N2O. The van der Waals surface area contributed by atoms with Gasteiger partial charge < -0.3 is 4.74 Å². The zero-order chi connectivity index (χ0) is 12.4. The van der Waals surface area contributed by atoms with Gasteiger partial charge in [-0.05, 0) is 37.1 Å². The van der Waals surface area contributed by atoms with Gasteiger partial charge >= 0.3 is 0 Å². The summed E-state index contributed by atoms with van der Waals surface area (Å²) in [6.45, 7) is 0. The summed E-state index contributed by atoms with van der Waals surface area (Å²) >= 11 is 0. The van der Waals surface area contributed by atoms with Crippen LogP contribution in [0.15, 0.2) is 42.6 Å². The number of aromatic nitrogens is 1. The maximum Gasteiger partial charge on any atom is 0.129 e. The number of hydrogen-bond acceptors (Lipinski definition) is 3. The van der Waals surface area contributed by atoms with Crippen LogP contribution in [0, 0.1) is 11.3 Å². The van der Waals surface area contributed by atoms with Crippen LogP contribution in [0.5, 0.6) is 5.75 Å². The van der Waals surface area contributed by atoms with E-state index in [1.165, 1.54) is 0 Å². The summed E-state index contributed by atoms with van der Waals surface area (Å²) < 4.78 is 5.86. The molecule has 1 aromatic carbocycles. The molecule has 88 valence electrons. The van der Waals surface area contributed by atoms with E-state index in [2.05, 4.69) is 11.1 Å². The first-order chi connectivity index (χ1) is 8.88. The zero-order valence-electron chi connectivity index (χ0n) is 9.84. The number of ether oxygens (including phenoxy) is 1. The Bertz CT molecular complexity index is 612. The van der Waals surface area contributed by atoms with Crippen LogP contribution in [0.2, 0.25) is 0 Å². The van der Waals surface area contributed by atoms with Crippen molar-refractivity contribution in [1.29, 1.82) is 5.26 Å². The summed E-state index contributed by atoms with van der Waals surface area (Å²) in [5.74, 6) is 0.815. The molecule has 0 bridgehead atoms. The molecule has 1 fully saturated rings. The Balaban J connectivity index is 2.07. The average molecular weight is 236 g/mol. The Morgan fingerprint density at radius 2 is 2.00 bits per heavy atom. The largest absolute Gasteiger partial charge is 0.490 e. The van der Waals surface area contributed by atoms with E-state index >= 15 is 0 Å². The van der Waals surface area contributed by atoms with Crippen LogP contribution in [0.25, 0.3) is 11.3 Å². The Kier molecular flexibility index (Phi) is 2.70. The first-order valence-corrected chi connectivity index (χ1v) is 5.99. The molecule has 1 heterocycles. The molecule has 2 aromatic rings. The van der Waals surface area contributed by atoms with Crippen molar-refractivity contribution in [2.24, 2.45) is 0 Å². The minimum Gasteiger partial charge on any atom is -0.490 e. The summed E-state index contributed by atoms with van der Waals surface area (Å²) in [4.78, 5) is 4.31. The number of rotatable bonds is 3. The summed E-state index contributed by atoms with van der Waals surface area (Å²) in [6, 6.07) is 13.5. The van der Waals surface area contributed by atoms with Crippen LogP contribution < -0.4 is 4.74 Å². The molecule has 1 aromatic heterocycles. The Morgan fingerprint density at radius 1 is 1.17 bits per heavy atom. The molecule has 0 spiro atoms. The highest BCUT2D eigenvalue weighted by Crippen LogP contribution is 2.34. The van der Waals surface area contributed by atoms with E-state index in [0.717, 1.165) is 24.2 Å². The van der Waals surface area contributed by atoms with Gasteiger partial charge in [-0.3, -0.25) is 4.98 Å². The smallest absolute Gasteiger partial charge is 0.129 e. The fourth-order valence-electron chi connectivity index (χ4n) is 1.84. The normalized spacial score (nSPS) is 13.9. The van der Waals surface area contributed by atoms with E-state index in [9.17, 15) is 0 Å². The van der Waals surface area contributed by atoms with E-state index in [0.29, 0.717) is 17.4 Å². The first-order valence-electron chi connectivity index (χ1n) is 5.99. The third kappa shape index (κ3) is 2.05. The van der Waals surface area contributed by atoms with Gasteiger partial charge in [0.05, 0.1) is 17.4 Å². The van der Waals surface area contributed by atoms with E-state index in [1.54, 1.807) is 18.3 Å². The molecule has 0 atom stereocenters. The number of para-hydroxylation sites is 1. The summed E-state index contributed by atoms with van der Waals surface area (Å²) in [7, 11) is 0. The molecule has 1 aliphatic carbocycles. The van der Waals surface area contributed by atoms with Crippen LogP contribution in [0.4, 0.5) is 0 Å². The van der Waals surface area contributed by atoms with Crippen molar-refractivity contribution in [3.63, 3.8) is 0 Å². The maximum atomic E-state index is 9.13. The molecule has 0 radical (unpaired) electrons. The minimum absolute atomic E-state index is 0.334. The van der Waals surface area contributed by atoms with Crippen LogP contribution in [0.1, 0.15) is 18.4 Å². The van der Waals surface area contributed by atoms with Crippen molar-refractivity contribution in [2.75, 3.05) is 0 Å². The zero-order valence-corrected chi connectivity index (χ0v) is 9.84. The highest BCUT2D eigenvalue weighted by Gasteiger charge is 2.25. The number of nitrogens with zero attached hydrogens (tertiary/aromatic N) is 2. The number of pyridine rings is 1. The third-order valence-corrected chi connectivity index (χ3v) is 2.89. The molecule has 0 unspecified atom stereocenters. The van der Waals surface area contributed by atoms with Gasteiger partial charge in [0.25, 0.3) is 0 Å². The molecule has 3 rings (SSSR count). The number of nitriles is 1. The van der Waals surface area contributed by atoms with Crippen LogP contribution >= 0.6 is 0 Å². The van der Waals surface area contributed by atoms with Crippen molar-refractivity contribution < 1.29 is 4.74 Å². The van der Waals surface area contributed by atoms with Crippen molar-refractivity contribution in [1.82, 2.24) is 4.98 Å². The lowest BCUT2D eigenvalue weighted by Crippen LogP contribution is -1.99. The van der Waals surface area contributed by atoms with Crippen molar-refractivity contribution in [2.45, 2.75) is 18.9 Å². The lowest BCUT2D eigenvalue weighted by molar-refractivity contribution is 0.304. The first kappa shape index (κ1) is 10.8. The molecule has 1 saturated carbocycles. The Morgan fingerprint density at radius 3 is 2.78 bits per heavy atom. The predicted molar refractivity (Wildman–Crippen MR) is 68.0 cm³/mol. The molecular weight excluding hydrogens is 224 g/mol. The summed E-state index contributed by atoms with van der Waals surface area (Å²) in [5, 5.41) is 9.13. The van der Waals surface area contributed by atoms with Crippen molar-refractivity contribution in [3.8, 4) is 23.1 Å². The fourth-order valence-corrected chi connectivity index (χ4v) is 1.84. The highest BCUT2D eigenvalue weighted by molar-refractivity contribution is 5.72. The molecule has 1 aliphatic rings. The lowest BCUT2D eigenvalue weighted by atomic mass is 10.1. The van der Waals surface area contributed by atoms with E-state index < -0.39 is 0 Å². The summed E-state index contributed by atoms with van der Waals surface area (Å²) in [5.41, 5.74) is 2.15. The third-order valence-electron chi connectivity index (χ3n) is 2.89. The monoisotopic (exact) mass is 236 g/mol. The molecule has 0 aliphatic heterocycles. The maximum absolute atomic E-state index is 9.13. The minimum atomic E-state index is 0.334. The van der Waals surface area contributed by atoms with Crippen LogP contribution in [0.3, 0.4) is 0 Å². The second kappa shape index (κ2) is 4.50. The molecule has 0 N–H and O–H groups in total. The quantitative estimate of drug-likeness (QED) is 0.822. The topological polar surface area (TPSA) is 45.9 Å². The van der Waals surface area contributed by atoms with E-state index in [-0.39, 0.29) is 0 Å².